The Labute approximate surface area is 142 Å². The molecule has 4 rings (SSSR count). The van der Waals surface area contributed by atoms with Gasteiger partial charge in [0.05, 0.1) is 5.56 Å². The summed E-state index contributed by atoms with van der Waals surface area (Å²) in [4.78, 5) is 13.9. The lowest BCUT2D eigenvalue weighted by Gasteiger charge is -2.14. The van der Waals surface area contributed by atoms with Gasteiger partial charge < -0.3 is 20.6 Å². The van der Waals surface area contributed by atoms with E-state index in [1.807, 2.05) is 14.1 Å². The van der Waals surface area contributed by atoms with E-state index in [9.17, 15) is 8.42 Å². The predicted octanol–water partition coefficient (Wildman–Crippen LogP) is -0.211. The van der Waals surface area contributed by atoms with Crippen LogP contribution in [0.25, 0.3) is 22.6 Å². The molecule has 0 saturated heterocycles. The van der Waals surface area contributed by atoms with Gasteiger partial charge in [-0.05, 0) is 12.1 Å². The summed E-state index contributed by atoms with van der Waals surface area (Å²) >= 11 is 0. The first-order valence-electron chi connectivity index (χ1n) is 7.03. The van der Waals surface area contributed by atoms with Crippen LogP contribution in [-0.4, -0.2) is 42.2 Å². The van der Waals surface area contributed by atoms with Gasteiger partial charge in [-0.15, -0.1) is 13.1 Å². The number of hydrogen-bond acceptors (Lipinski definition) is 10. The Bertz CT molecular complexity index is 1120. The SMILES string of the molecule is CN(C)c1ccc2c(c1)OS(=O)(=O)On1c-2nc2nc(N)nc(N)c21. The summed E-state index contributed by atoms with van der Waals surface area (Å²) in [5.74, 6) is 0.0769. The number of nitrogens with two attached hydrogens (primary N) is 2. The fraction of sp³-hybridized carbons (Fsp3) is 0.154. The summed E-state index contributed by atoms with van der Waals surface area (Å²) in [7, 11) is -0.780. The number of anilines is 3. The summed E-state index contributed by atoms with van der Waals surface area (Å²) in [5.41, 5.74) is 12.7. The molecule has 0 unspecified atom stereocenters. The summed E-state index contributed by atoms with van der Waals surface area (Å²) in [5, 5.41) is 0. The Morgan fingerprint density at radius 1 is 1.16 bits per heavy atom. The van der Waals surface area contributed by atoms with Gasteiger partial charge in [0.2, 0.25) is 5.95 Å². The van der Waals surface area contributed by atoms with Gasteiger partial charge >= 0.3 is 10.4 Å². The van der Waals surface area contributed by atoms with Crippen LogP contribution >= 0.6 is 0 Å². The fourth-order valence-corrected chi connectivity index (χ4v) is 3.22. The fourth-order valence-electron chi connectivity index (χ4n) is 2.50. The van der Waals surface area contributed by atoms with Crippen molar-refractivity contribution in [2.75, 3.05) is 30.5 Å². The highest BCUT2D eigenvalue weighted by molar-refractivity contribution is 7.82. The van der Waals surface area contributed by atoms with Crippen molar-refractivity contribution in [3.8, 4) is 17.1 Å². The highest BCUT2D eigenvalue weighted by Gasteiger charge is 2.31. The van der Waals surface area contributed by atoms with Crippen molar-refractivity contribution < 1.29 is 16.9 Å². The molecule has 25 heavy (non-hydrogen) atoms. The van der Waals surface area contributed by atoms with Gasteiger partial charge in [0, 0.05) is 25.8 Å². The Balaban J connectivity index is 2.08. The molecule has 0 aliphatic carbocycles. The van der Waals surface area contributed by atoms with E-state index in [0.29, 0.717) is 5.56 Å². The van der Waals surface area contributed by atoms with Crippen LogP contribution in [0.1, 0.15) is 0 Å². The standard InChI is InChI=1S/C13H13N7O4S/c1-19(2)6-3-4-7-8(5-6)23-25(21,22)24-20-9-10(14)16-13(15)18-11(9)17-12(7)20/h3-5H,1-2H3,(H4,14,15,16,18). The largest absolute Gasteiger partial charge is 0.520 e. The molecule has 0 saturated carbocycles. The topological polar surface area (TPSA) is 151 Å². The minimum Gasteiger partial charge on any atom is -0.382 e. The van der Waals surface area contributed by atoms with Crippen LogP contribution in [0.2, 0.25) is 0 Å². The third-order valence-electron chi connectivity index (χ3n) is 3.60. The summed E-state index contributed by atoms with van der Waals surface area (Å²) in [6.45, 7) is 0. The van der Waals surface area contributed by atoms with Gasteiger partial charge in [-0.2, -0.15) is 9.97 Å². The molecule has 11 nitrogen and oxygen atoms in total. The molecule has 2 aromatic heterocycles. The molecule has 4 N–H and O–H groups in total. The zero-order valence-corrected chi connectivity index (χ0v) is 14.0. The number of imidazole rings is 1. The molecule has 0 atom stereocenters. The number of hydrogen-bond donors (Lipinski definition) is 2. The van der Waals surface area contributed by atoms with Crippen molar-refractivity contribution >= 4 is 39.0 Å². The second-order valence-corrected chi connectivity index (χ2v) is 6.64. The lowest BCUT2D eigenvalue weighted by atomic mass is 10.1. The number of nitrogen functional groups attached to an aromatic ring is 2. The summed E-state index contributed by atoms with van der Waals surface area (Å²) < 4.78 is 35.3. The van der Waals surface area contributed by atoms with E-state index in [1.54, 1.807) is 23.1 Å². The molecular formula is C13H13N7O4S. The van der Waals surface area contributed by atoms with Gasteiger partial charge in [-0.1, -0.05) is 0 Å². The maximum atomic E-state index is 12.2. The highest BCUT2D eigenvalue weighted by Crippen LogP contribution is 2.37. The maximum absolute atomic E-state index is 12.2. The first-order chi connectivity index (χ1) is 11.7. The highest BCUT2D eigenvalue weighted by atomic mass is 32.3. The average Bonchev–Trinajstić information content (AvgIpc) is 2.78. The second kappa shape index (κ2) is 4.86. The van der Waals surface area contributed by atoms with Crippen LogP contribution in [0.3, 0.4) is 0 Å². The number of aromatic nitrogens is 4. The van der Waals surface area contributed by atoms with E-state index in [4.69, 9.17) is 19.9 Å². The number of fused-ring (bicyclic) bond motifs is 5. The molecule has 3 heterocycles. The normalized spacial score (nSPS) is 14.8. The average molecular weight is 363 g/mol. The lowest BCUT2D eigenvalue weighted by Crippen LogP contribution is -2.23. The van der Waals surface area contributed by atoms with Crippen LogP contribution in [0.15, 0.2) is 18.2 Å². The van der Waals surface area contributed by atoms with Gasteiger partial charge in [0.25, 0.3) is 0 Å². The molecular weight excluding hydrogens is 350 g/mol. The second-order valence-electron chi connectivity index (χ2n) is 5.51. The van der Waals surface area contributed by atoms with Crippen molar-refractivity contribution in [2.45, 2.75) is 0 Å². The van der Waals surface area contributed by atoms with Crippen molar-refractivity contribution in [1.29, 1.82) is 0 Å². The first-order valence-corrected chi connectivity index (χ1v) is 8.36. The molecule has 12 heteroatoms. The summed E-state index contributed by atoms with van der Waals surface area (Å²) in [6.07, 6.45) is 0. The third kappa shape index (κ3) is 2.34. The minimum atomic E-state index is -4.41. The van der Waals surface area contributed by atoms with Crippen LogP contribution in [0.4, 0.5) is 17.5 Å². The minimum absolute atomic E-state index is 0.0650. The molecule has 1 aliphatic heterocycles. The van der Waals surface area contributed by atoms with E-state index in [-0.39, 0.29) is 34.5 Å². The maximum Gasteiger partial charge on any atom is 0.520 e. The quantitative estimate of drug-likeness (QED) is 0.594. The van der Waals surface area contributed by atoms with Gasteiger partial charge in [-0.25, -0.2) is 4.98 Å². The van der Waals surface area contributed by atoms with Crippen molar-refractivity contribution in [3.05, 3.63) is 18.2 Å². The molecule has 130 valence electrons. The molecule has 0 amide bonds. The van der Waals surface area contributed by atoms with Crippen LogP contribution in [0, 0.1) is 0 Å². The molecule has 1 aromatic carbocycles. The first kappa shape index (κ1) is 15.3. The Hall–Kier alpha value is -3.28. The predicted molar refractivity (Wildman–Crippen MR) is 90.0 cm³/mol. The smallest absolute Gasteiger partial charge is 0.382 e. The van der Waals surface area contributed by atoms with Gasteiger partial charge in [-0.3, -0.25) is 4.28 Å². The Kier molecular flexibility index (Phi) is 2.97. The summed E-state index contributed by atoms with van der Waals surface area (Å²) in [6, 6.07) is 5.02. The lowest BCUT2D eigenvalue weighted by molar-refractivity contribution is 0.263. The number of nitrogens with zero attached hydrogens (tertiary/aromatic N) is 5. The number of benzene rings is 1. The zero-order valence-electron chi connectivity index (χ0n) is 13.2. The van der Waals surface area contributed by atoms with Crippen LogP contribution < -0.4 is 24.8 Å². The molecule has 0 radical (unpaired) electrons. The van der Waals surface area contributed by atoms with Crippen LogP contribution in [0.5, 0.6) is 5.75 Å². The van der Waals surface area contributed by atoms with E-state index in [1.165, 1.54) is 0 Å². The third-order valence-corrected chi connectivity index (χ3v) is 4.31. The van der Waals surface area contributed by atoms with Crippen LogP contribution in [-0.2, 0) is 10.4 Å². The Morgan fingerprint density at radius 3 is 2.64 bits per heavy atom. The molecule has 0 spiro atoms. The van der Waals surface area contributed by atoms with Crippen molar-refractivity contribution in [3.63, 3.8) is 0 Å². The van der Waals surface area contributed by atoms with E-state index >= 15 is 0 Å². The molecule has 0 bridgehead atoms. The Morgan fingerprint density at radius 2 is 1.92 bits per heavy atom. The van der Waals surface area contributed by atoms with Crippen molar-refractivity contribution in [1.82, 2.24) is 19.7 Å². The van der Waals surface area contributed by atoms with Crippen molar-refractivity contribution in [2.24, 2.45) is 0 Å². The van der Waals surface area contributed by atoms with E-state index in [0.717, 1.165) is 10.4 Å². The zero-order chi connectivity index (χ0) is 17.9. The molecule has 1 aliphatic rings. The monoisotopic (exact) mass is 363 g/mol. The van der Waals surface area contributed by atoms with Gasteiger partial charge in [0.1, 0.15) is 0 Å². The molecule has 0 fully saturated rings. The number of rotatable bonds is 1. The van der Waals surface area contributed by atoms with E-state index < -0.39 is 10.4 Å². The molecule has 3 aromatic rings. The van der Waals surface area contributed by atoms with Gasteiger partial charge in [0.15, 0.2) is 28.6 Å². The van der Waals surface area contributed by atoms with E-state index in [2.05, 4.69) is 15.0 Å².